The zero-order valence-corrected chi connectivity index (χ0v) is 22.9. The summed E-state index contributed by atoms with van der Waals surface area (Å²) >= 11 is 0. The quantitative estimate of drug-likeness (QED) is 0.283. The van der Waals surface area contributed by atoms with Crippen LogP contribution in [-0.4, -0.2) is 60.0 Å². The number of ether oxygens (including phenoxy) is 1. The van der Waals surface area contributed by atoms with Gasteiger partial charge < -0.3 is 25.6 Å². The number of nitrogens with zero attached hydrogens (tertiary/aromatic N) is 3. The number of carbonyl (C=O) groups is 3. The van der Waals surface area contributed by atoms with Gasteiger partial charge in [0.1, 0.15) is 17.6 Å². The number of hydrogen-bond acceptors (Lipinski definition) is 8. The van der Waals surface area contributed by atoms with Gasteiger partial charge in [-0.15, -0.1) is 0 Å². The van der Waals surface area contributed by atoms with Crippen LogP contribution in [0.25, 0.3) is 10.9 Å². The molecule has 39 heavy (non-hydrogen) atoms. The molecule has 0 spiro atoms. The second-order valence-corrected chi connectivity index (χ2v) is 10.2. The largest absolute Gasteiger partial charge is 0.427 e. The third-order valence-electron chi connectivity index (χ3n) is 6.73. The van der Waals surface area contributed by atoms with Gasteiger partial charge in [0.25, 0.3) is 0 Å². The molecule has 1 atom stereocenters. The first-order valence-corrected chi connectivity index (χ1v) is 13.2. The maximum Gasteiger partial charge on any atom is 0.308 e. The van der Waals surface area contributed by atoms with E-state index in [2.05, 4.69) is 16.0 Å². The van der Waals surface area contributed by atoms with Gasteiger partial charge in [0.05, 0.1) is 5.52 Å². The second-order valence-electron chi connectivity index (χ2n) is 10.2. The molecule has 2 aromatic carbocycles. The molecule has 0 bridgehead atoms. The highest BCUT2D eigenvalue weighted by molar-refractivity contribution is 5.90. The number of nitrogens with one attached hydrogen (secondary N) is 3. The Morgan fingerprint density at radius 1 is 0.949 bits per heavy atom. The van der Waals surface area contributed by atoms with Crippen molar-refractivity contribution in [2.75, 3.05) is 24.3 Å². The minimum absolute atomic E-state index is 0.0213. The smallest absolute Gasteiger partial charge is 0.308 e. The van der Waals surface area contributed by atoms with Crippen LogP contribution < -0.4 is 25.6 Å². The van der Waals surface area contributed by atoms with Crippen molar-refractivity contribution in [3.8, 4) is 5.75 Å². The third-order valence-corrected chi connectivity index (χ3v) is 6.73. The summed E-state index contributed by atoms with van der Waals surface area (Å²) in [5.41, 5.74) is 1.74. The van der Waals surface area contributed by atoms with E-state index in [9.17, 15) is 14.4 Å². The highest BCUT2D eigenvalue weighted by Gasteiger charge is 2.27. The van der Waals surface area contributed by atoms with E-state index in [4.69, 9.17) is 14.7 Å². The zero-order chi connectivity index (χ0) is 27.9. The molecule has 1 aliphatic carbocycles. The van der Waals surface area contributed by atoms with Gasteiger partial charge in [0.2, 0.25) is 17.8 Å². The molecule has 1 aliphatic rings. The first-order chi connectivity index (χ1) is 18.7. The van der Waals surface area contributed by atoms with E-state index in [1.54, 1.807) is 24.3 Å². The fourth-order valence-corrected chi connectivity index (χ4v) is 4.88. The summed E-state index contributed by atoms with van der Waals surface area (Å²) in [6.07, 6.45) is 3.67. The lowest BCUT2D eigenvalue weighted by Gasteiger charge is -2.31. The van der Waals surface area contributed by atoms with Crippen molar-refractivity contribution in [2.24, 2.45) is 0 Å². The number of benzene rings is 2. The molecule has 0 radical (unpaired) electrons. The van der Waals surface area contributed by atoms with Crippen molar-refractivity contribution in [3.63, 3.8) is 0 Å². The topological polar surface area (TPSA) is 126 Å². The molecule has 206 valence electrons. The SMILES string of the molecule is CC(=O)NC(Cc1ccc(OC(C)=O)cc1)C(=O)N[C@H]1CC[C@@H](Nc2nc(N(C)C)c3ccccc3n2)CC1. The van der Waals surface area contributed by atoms with Gasteiger partial charge in [-0.3, -0.25) is 14.4 Å². The Hall–Kier alpha value is -4.21. The summed E-state index contributed by atoms with van der Waals surface area (Å²) in [7, 11) is 3.94. The van der Waals surface area contributed by atoms with Crippen LogP contribution in [0.5, 0.6) is 5.75 Å². The number of anilines is 2. The van der Waals surface area contributed by atoms with Crippen molar-refractivity contribution >= 4 is 40.5 Å². The number of aromatic nitrogens is 2. The van der Waals surface area contributed by atoms with Gasteiger partial charge in [0.15, 0.2) is 0 Å². The molecular formula is C29H36N6O4. The van der Waals surface area contributed by atoms with Crippen molar-refractivity contribution in [2.45, 2.75) is 64.1 Å². The van der Waals surface area contributed by atoms with E-state index >= 15 is 0 Å². The lowest BCUT2D eigenvalue weighted by atomic mass is 9.91. The molecule has 1 heterocycles. The maximum atomic E-state index is 13.1. The molecule has 1 fully saturated rings. The van der Waals surface area contributed by atoms with Crippen LogP contribution in [0, 0.1) is 0 Å². The summed E-state index contributed by atoms with van der Waals surface area (Å²) < 4.78 is 5.06. The van der Waals surface area contributed by atoms with Gasteiger partial charge in [-0.2, -0.15) is 4.98 Å². The minimum atomic E-state index is -0.701. The van der Waals surface area contributed by atoms with Crippen LogP contribution >= 0.6 is 0 Å². The maximum absolute atomic E-state index is 13.1. The first kappa shape index (κ1) is 27.8. The standard InChI is InChI=1S/C29H36N6O4/c1-18(36)30-26(17-20-9-15-23(16-10-20)39-19(2)37)28(38)31-21-11-13-22(14-12-21)32-29-33-25-8-6-5-7-24(25)27(34-29)35(3)4/h5-10,15-16,21-22,26H,11-14,17H2,1-4H3,(H,30,36)(H,31,38)(H,32,33,34)/t21-,22+,26?. The number of hydrogen-bond donors (Lipinski definition) is 3. The fourth-order valence-electron chi connectivity index (χ4n) is 4.88. The van der Waals surface area contributed by atoms with E-state index < -0.39 is 12.0 Å². The molecule has 0 aliphatic heterocycles. The molecule has 3 aromatic rings. The number of fused-ring (bicyclic) bond motifs is 1. The molecular weight excluding hydrogens is 496 g/mol. The van der Waals surface area contributed by atoms with Gasteiger partial charge in [-0.25, -0.2) is 4.98 Å². The van der Waals surface area contributed by atoms with E-state index in [0.717, 1.165) is 48.0 Å². The highest BCUT2D eigenvalue weighted by Crippen LogP contribution is 2.26. The third kappa shape index (κ3) is 7.66. The molecule has 10 heteroatoms. The Labute approximate surface area is 228 Å². The van der Waals surface area contributed by atoms with Crippen molar-refractivity contribution in [1.82, 2.24) is 20.6 Å². The number of para-hydroxylation sites is 1. The molecule has 1 saturated carbocycles. The van der Waals surface area contributed by atoms with Gasteiger partial charge in [-0.05, 0) is 55.5 Å². The lowest BCUT2D eigenvalue weighted by Crippen LogP contribution is -2.51. The Balaban J connectivity index is 1.33. The highest BCUT2D eigenvalue weighted by atomic mass is 16.5. The van der Waals surface area contributed by atoms with Crippen LogP contribution in [0.1, 0.15) is 45.1 Å². The molecule has 1 aromatic heterocycles. The molecule has 10 nitrogen and oxygen atoms in total. The van der Waals surface area contributed by atoms with E-state index in [1.807, 2.05) is 43.3 Å². The molecule has 2 amide bonds. The first-order valence-electron chi connectivity index (χ1n) is 13.2. The summed E-state index contributed by atoms with van der Waals surface area (Å²) in [6.45, 7) is 2.74. The second kappa shape index (κ2) is 12.6. The summed E-state index contributed by atoms with van der Waals surface area (Å²) in [6, 6.07) is 14.4. The number of esters is 1. The van der Waals surface area contributed by atoms with E-state index in [1.165, 1.54) is 13.8 Å². The Morgan fingerprint density at radius 3 is 2.26 bits per heavy atom. The predicted molar refractivity (Wildman–Crippen MR) is 151 cm³/mol. The number of carbonyl (C=O) groups excluding carboxylic acids is 3. The Morgan fingerprint density at radius 2 is 1.62 bits per heavy atom. The van der Waals surface area contributed by atoms with Crippen LogP contribution in [0.4, 0.5) is 11.8 Å². The van der Waals surface area contributed by atoms with Crippen LogP contribution in [0.2, 0.25) is 0 Å². The molecule has 3 N–H and O–H groups in total. The van der Waals surface area contributed by atoms with Crippen LogP contribution in [0.15, 0.2) is 48.5 Å². The number of amides is 2. The van der Waals surface area contributed by atoms with Crippen LogP contribution in [0.3, 0.4) is 0 Å². The minimum Gasteiger partial charge on any atom is -0.427 e. The Bertz CT molecular complexity index is 1320. The van der Waals surface area contributed by atoms with Gasteiger partial charge in [0, 0.05) is 51.8 Å². The Kier molecular flexibility index (Phi) is 8.96. The molecule has 0 saturated heterocycles. The summed E-state index contributed by atoms with van der Waals surface area (Å²) in [5.74, 6) is 1.03. The van der Waals surface area contributed by atoms with E-state index in [0.29, 0.717) is 18.1 Å². The van der Waals surface area contributed by atoms with Gasteiger partial charge >= 0.3 is 5.97 Å². The number of rotatable bonds is 9. The zero-order valence-electron chi connectivity index (χ0n) is 22.9. The van der Waals surface area contributed by atoms with E-state index in [-0.39, 0.29) is 23.9 Å². The summed E-state index contributed by atoms with van der Waals surface area (Å²) in [4.78, 5) is 47.5. The molecule has 1 unspecified atom stereocenters. The average molecular weight is 533 g/mol. The lowest BCUT2D eigenvalue weighted by molar-refractivity contribution is -0.131. The predicted octanol–water partition coefficient (Wildman–Crippen LogP) is 3.21. The monoisotopic (exact) mass is 532 g/mol. The van der Waals surface area contributed by atoms with Crippen molar-refractivity contribution in [1.29, 1.82) is 0 Å². The van der Waals surface area contributed by atoms with Gasteiger partial charge in [-0.1, -0.05) is 24.3 Å². The summed E-state index contributed by atoms with van der Waals surface area (Å²) in [5, 5.41) is 10.4. The molecule has 4 rings (SSSR count). The fraction of sp³-hybridized carbons (Fsp3) is 0.414. The van der Waals surface area contributed by atoms with Crippen molar-refractivity contribution < 1.29 is 19.1 Å². The van der Waals surface area contributed by atoms with Crippen molar-refractivity contribution in [3.05, 3.63) is 54.1 Å². The van der Waals surface area contributed by atoms with Crippen LogP contribution in [-0.2, 0) is 20.8 Å². The normalized spacial score (nSPS) is 17.6. The average Bonchev–Trinajstić information content (AvgIpc) is 2.89.